The molecule has 24 heavy (non-hydrogen) atoms. The number of carbonyl (C=O) groups excluding carboxylic acids is 2. The molecule has 122 valence electrons. The number of benzene rings is 2. The molecular weight excluding hydrogens is 320 g/mol. The van der Waals surface area contributed by atoms with Crippen molar-refractivity contribution in [2.24, 2.45) is 0 Å². The van der Waals surface area contributed by atoms with Crippen molar-refractivity contribution in [2.45, 2.75) is 24.3 Å². The maximum absolute atomic E-state index is 13.0. The molecular formula is C19H18N2O2S. The minimum Gasteiger partial charge on any atom is -0.307 e. The number of hydrogen-bond donors (Lipinski definition) is 0. The van der Waals surface area contributed by atoms with Crippen molar-refractivity contribution in [3.8, 4) is 0 Å². The fraction of sp³-hybridized carbons (Fsp3) is 0.263. The fourth-order valence-electron chi connectivity index (χ4n) is 3.48. The van der Waals surface area contributed by atoms with Crippen LogP contribution in [0.25, 0.3) is 0 Å². The molecule has 5 heteroatoms. The molecule has 2 heterocycles. The lowest BCUT2D eigenvalue weighted by atomic mass is 10.1. The van der Waals surface area contributed by atoms with E-state index >= 15 is 0 Å². The molecule has 0 spiro atoms. The van der Waals surface area contributed by atoms with Gasteiger partial charge in [0.2, 0.25) is 11.8 Å². The summed E-state index contributed by atoms with van der Waals surface area (Å²) in [6.45, 7) is 2.15. The van der Waals surface area contributed by atoms with Crippen molar-refractivity contribution in [3.63, 3.8) is 0 Å². The molecule has 0 aliphatic carbocycles. The molecule has 0 saturated carbocycles. The molecule has 0 bridgehead atoms. The highest BCUT2D eigenvalue weighted by Crippen LogP contribution is 2.36. The summed E-state index contributed by atoms with van der Waals surface area (Å²) >= 11 is 1.53. The Kier molecular flexibility index (Phi) is 3.81. The third-order valence-corrected chi connectivity index (χ3v) is 5.63. The van der Waals surface area contributed by atoms with Gasteiger partial charge >= 0.3 is 0 Å². The SMILES string of the molecule is CC1Cc2ccccc2N1C(=O)CN1C(=O)CSc2ccccc21. The summed E-state index contributed by atoms with van der Waals surface area (Å²) in [5.74, 6) is 0.353. The summed E-state index contributed by atoms with van der Waals surface area (Å²) in [6, 6.07) is 15.9. The normalized spacial score (nSPS) is 19.2. The average Bonchev–Trinajstić information content (AvgIpc) is 2.93. The van der Waals surface area contributed by atoms with E-state index in [2.05, 4.69) is 13.0 Å². The van der Waals surface area contributed by atoms with Crippen molar-refractivity contribution in [1.82, 2.24) is 0 Å². The molecule has 1 unspecified atom stereocenters. The number of para-hydroxylation sites is 2. The molecule has 2 amide bonds. The second-order valence-electron chi connectivity index (χ2n) is 6.18. The van der Waals surface area contributed by atoms with Gasteiger partial charge in [-0.05, 0) is 37.1 Å². The Bertz CT molecular complexity index is 821. The summed E-state index contributed by atoms with van der Waals surface area (Å²) in [4.78, 5) is 29.9. The van der Waals surface area contributed by atoms with Gasteiger partial charge in [0.05, 0.1) is 11.4 Å². The van der Waals surface area contributed by atoms with Gasteiger partial charge in [0, 0.05) is 16.6 Å². The van der Waals surface area contributed by atoms with Crippen LogP contribution < -0.4 is 9.80 Å². The molecule has 0 saturated heterocycles. The summed E-state index contributed by atoms with van der Waals surface area (Å²) in [6.07, 6.45) is 0.863. The van der Waals surface area contributed by atoms with E-state index in [9.17, 15) is 9.59 Å². The Morgan fingerprint density at radius 2 is 1.83 bits per heavy atom. The van der Waals surface area contributed by atoms with E-state index in [-0.39, 0.29) is 24.4 Å². The summed E-state index contributed by atoms with van der Waals surface area (Å²) < 4.78 is 0. The highest BCUT2D eigenvalue weighted by atomic mass is 32.2. The molecule has 0 N–H and O–H groups in total. The zero-order chi connectivity index (χ0) is 16.7. The third kappa shape index (κ3) is 2.49. The van der Waals surface area contributed by atoms with E-state index in [1.807, 2.05) is 47.4 Å². The number of thioether (sulfide) groups is 1. The van der Waals surface area contributed by atoms with Gasteiger partial charge in [0.1, 0.15) is 6.54 Å². The van der Waals surface area contributed by atoms with Gasteiger partial charge in [-0.1, -0.05) is 30.3 Å². The van der Waals surface area contributed by atoms with Crippen LogP contribution in [0.4, 0.5) is 11.4 Å². The quantitative estimate of drug-likeness (QED) is 0.845. The highest BCUT2D eigenvalue weighted by molar-refractivity contribution is 8.00. The predicted octanol–water partition coefficient (Wildman–Crippen LogP) is 3.10. The van der Waals surface area contributed by atoms with Gasteiger partial charge < -0.3 is 9.80 Å². The predicted molar refractivity (Wildman–Crippen MR) is 96.6 cm³/mol. The summed E-state index contributed by atoms with van der Waals surface area (Å²) in [5, 5.41) is 0. The van der Waals surface area contributed by atoms with E-state index in [0.717, 1.165) is 22.7 Å². The number of rotatable bonds is 2. The highest BCUT2D eigenvalue weighted by Gasteiger charge is 2.33. The first-order valence-electron chi connectivity index (χ1n) is 8.07. The topological polar surface area (TPSA) is 40.6 Å². The first-order chi connectivity index (χ1) is 11.6. The van der Waals surface area contributed by atoms with Gasteiger partial charge in [0.15, 0.2) is 0 Å². The van der Waals surface area contributed by atoms with Gasteiger partial charge in [-0.3, -0.25) is 9.59 Å². The molecule has 1 atom stereocenters. The van der Waals surface area contributed by atoms with Crippen LogP contribution in [-0.2, 0) is 16.0 Å². The third-order valence-electron chi connectivity index (χ3n) is 4.58. The van der Waals surface area contributed by atoms with E-state index in [4.69, 9.17) is 0 Å². The Balaban J connectivity index is 1.62. The number of carbonyl (C=O) groups is 2. The van der Waals surface area contributed by atoms with Crippen LogP contribution in [0.1, 0.15) is 12.5 Å². The summed E-state index contributed by atoms with van der Waals surface area (Å²) in [5.41, 5.74) is 3.01. The maximum atomic E-state index is 13.0. The van der Waals surface area contributed by atoms with Gasteiger partial charge in [-0.25, -0.2) is 0 Å². The number of nitrogens with zero attached hydrogens (tertiary/aromatic N) is 2. The Hall–Kier alpha value is -2.27. The smallest absolute Gasteiger partial charge is 0.247 e. The van der Waals surface area contributed by atoms with Crippen molar-refractivity contribution in [2.75, 3.05) is 22.1 Å². The lowest BCUT2D eigenvalue weighted by molar-refractivity contribution is -0.121. The van der Waals surface area contributed by atoms with Crippen LogP contribution in [0.15, 0.2) is 53.4 Å². The van der Waals surface area contributed by atoms with Crippen LogP contribution >= 0.6 is 11.8 Å². The molecule has 2 aromatic rings. The van der Waals surface area contributed by atoms with E-state index in [0.29, 0.717) is 5.75 Å². The lowest BCUT2D eigenvalue weighted by Crippen LogP contribution is -2.46. The number of amides is 2. The first-order valence-corrected chi connectivity index (χ1v) is 9.06. The Labute approximate surface area is 145 Å². The average molecular weight is 338 g/mol. The standard InChI is InChI=1S/C19H18N2O2S/c1-13-10-14-6-2-3-7-15(14)21(13)18(22)11-20-16-8-4-5-9-17(16)24-12-19(20)23/h2-9,13H,10-12H2,1H3. The molecule has 0 radical (unpaired) electrons. The minimum atomic E-state index is -0.0255. The monoisotopic (exact) mass is 338 g/mol. The van der Waals surface area contributed by atoms with Crippen LogP contribution in [0.5, 0.6) is 0 Å². The molecule has 2 aliphatic heterocycles. The van der Waals surface area contributed by atoms with Crippen LogP contribution in [0.3, 0.4) is 0 Å². The van der Waals surface area contributed by atoms with E-state index < -0.39 is 0 Å². The number of fused-ring (bicyclic) bond motifs is 2. The van der Waals surface area contributed by atoms with Gasteiger partial charge in [-0.15, -0.1) is 11.8 Å². The molecule has 2 aliphatic rings. The largest absolute Gasteiger partial charge is 0.307 e. The Morgan fingerprint density at radius 1 is 1.12 bits per heavy atom. The summed E-state index contributed by atoms with van der Waals surface area (Å²) in [7, 11) is 0. The van der Waals surface area contributed by atoms with Gasteiger partial charge in [0.25, 0.3) is 0 Å². The second kappa shape index (κ2) is 5.98. The van der Waals surface area contributed by atoms with Crippen LogP contribution in [-0.4, -0.2) is 30.2 Å². The minimum absolute atomic E-state index is 0.00724. The lowest BCUT2D eigenvalue weighted by Gasteiger charge is -2.31. The fourth-order valence-corrected chi connectivity index (χ4v) is 4.42. The molecule has 4 nitrogen and oxygen atoms in total. The van der Waals surface area contributed by atoms with Crippen molar-refractivity contribution < 1.29 is 9.59 Å². The molecule has 2 aromatic carbocycles. The second-order valence-corrected chi connectivity index (χ2v) is 7.20. The van der Waals surface area contributed by atoms with Crippen LogP contribution in [0.2, 0.25) is 0 Å². The first kappa shape index (κ1) is 15.3. The zero-order valence-electron chi connectivity index (χ0n) is 13.4. The van der Waals surface area contributed by atoms with Gasteiger partial charge in [-0.2, -0.15) is 0 Å². The van der Waals surface area contributed by atoms with Crippen molar-refractivity contribution >= 4 is 35.0 Å². The zero-order valence-corrected chi connectivity index (χ0v) is 14.3. The van der Waals surface area contributed by atoms with Crippen LogP contribution in [0, 0.1) is 0 Å². The van der Waals surface area contributed by atoms with E-state index in [1.54, 1.807) is 4.90 Å². The number of hydrogen-bond acceptors (Lipinski definition) is 3. The Morgan fingerprint density at radius 3 is 2.67 bits per heavy atom. The number of anilines is 2. The van der Waals surface area contributed by atoms with E-state index in [1.165, 1.54) is 17.3 Å². The maximum Gasteiger partial charge on any atom is 0.247 e. The molecule has 4 rings (SSSR count). The molecule has 0 aromatic heterocycles. The molecule has 0 fully saturated rings. The van der Waals surface area contributed by atoms with Crippen molar-refractivity contribution in [3.05, 3.63) is 54.1 Å². The van der Waals surface area contributed by atoms with Crippen molar-refractivity contribution in [1.29, 1.82) is 0 Å².